The molecule has 19 heavy (non-hydrogen) atoms. The highest BCUT2D eigenvalue weighted by atomic mass is 16.7. The minimum absolute atomic E-state index is 0.0248. The molecule has 2 saturated heterocycles. The maximum atomic E-state index is 12.1. The van der Waals surface area contributed by atoms with Gasteiger partial charge in [-0.15, -0.1) is 0 Å². The first-order chi connectivity index (χ1) is 9.02. The molecule has 2 heterocycles. The van der Waals surface area contributed by atoms with Crippen LogP contribution < -0.4 is 10.6 Å². The van der Waals surface area contributed by atoms with Crippen LogP contribution in [0.3, 0.4) is 0 Å². The zero-order valence-electron chi connectivity index (χ0n) is 11.9. The number of hydrogen-bond acceptors (Lipinski definition) is 5. The number of rotatable bonds is 5. The van der Waals surface area contributed by atoms with Gasteiger partial charge in [0.05, 0.1) is 25.7 Å². The summed E-state index contributed by atoms with van der Waals surface area (Å²) >= 11 is 0. The van der Waals surface area contributed by atoms with Gasteiger partial charge in [-0.25, -0.2) is 0 Å². The summed E-state index contributed by atoms with van der Waals surface area (Å²) < 4.78 is 16.5. The summed E-state index contributed by atoms with van der Waals surface area (Å²) in [6, 6.07) is 0.113. The number of carbonyl (C=O) groups excluding carboxylic acids is 1. The molecule has 0 aliphatic carbocycles. The molecule has 0 aromatic carbocycles. The van der Waals surface area contributed by atoms with Gasteiger partial charge in [-0.05, 0) is 20.4 Å². The second kappa shape index (κ2) is 6.17. The van der Waals surface area contributed by atoms with Gasteiger partial charge in [0.15, 0.2) is 5.79 Å². The van der Waals surface area contributed by atoms with Gasteiger partial charge in [-0.1, -0.05) is 6.92 Å². The monoisotopic (exact) mass is 272 g/mol. The van der Waals surface area contributed by atoms with Crippen molar-refractivity contribution in [3.63, 3.8) is 0 Å². The normalized spacial score (nSPS) is 33.5. The Labute approximate surface area is 114 Å². The van der Waals surface area contributed by atoms with Crippen molar-refractivity contribution in [1.82, 2.24) is 10.6 Å². The minimum Gasteiger partial charge on any atom is -0.379 e. The number of ether oxygens (including phenoxy) is 3. The van der Waals surface area contributed by atoms with Crippen LogP contribution in [0.2, 0.25) is 0 Å². The number of hydrogen-bond donors (Lipinski definition) is 2. The van der Waals surface area contributed by atoms with Crippen LogP contribution in [0.5, 0.6) is 0 Å². The Hall–Kier alpha value is -0.690. The van der Waals surface area contributed by atoms with E-state index in [0.717, 1.165) is 6.54 Å². The quantitative estimate of drug-likeness (QED) is 0.730. The molecule has 6 nitrogen and oxygen atoms in total. The third-order valence-electron chi connectivity index (χ3n) is 3.45. The Kier molecular flexibility index (Phi) is 4.78. The van der Waals surface area contributed by atoms with Gasteiger partial charge in [0.2, 0.25) is 5.91 Å². The highest BCUT2D eigenvalue weighted by Gasteiger charge is 2.36. The van der Waals surface area contributed by atoms with Gasteiger partial charge < -0.3 is 24.8 Å². The predicted molar refractivity (Wildman–Crippen MR) is 69.7 cm³/mol. The molecule has 110 valence electrons. The van der Waals surface area contributed by atoms with E-state index < -0.39 is 5.79 Å². The smallest absolute Gasteiger partial charge is 0.227 e. The molecule has 0 saturated carbocycles. The van der Waals surface area contributed by atoms with Crippen LogP contribution >= 0.6 is 0 Å². The van der Waals surface area contributed by atoms with Gasteiger partial charge in [0, 0.05) is 12.6 Å². The van der Waals surface area contributed by atoms with E-state index in [9.17, 15) is 4.79 Å². The fourth-order valence-corrected chi connectivity index (χ4v) is 2.49. The molecule has 2 N–H and O–H groups in total. The van der Waals surface area contributed by atoms with Crippen LogP contribution in [0.4, 0.5) is 0 Å². The second-order valence-electron chi connectivity index (χ2n) is 5.50. The molecule has 1 amide bonds. The van der Waals surface area contributed by atoms with Gasteiger partial charge in [-0.2, -0.15) is 0 Å². The van der Waals surface area contributed by atoms with Crippen molar-refractivity contribution in [2.75, 3.05) is 32.9 Å². The summed E-state index contributed by atoms with van der Waals surface area (Å²) in [5.74, 6) is -0.634. The van der Waals surface area contributed by atoms with Crippen molar-refractivity contribution >= 4 is 5.91 Å². The number of likely N-dealkylation sites (N-methyl/N-ethyl adjacent to an activating group) is 1. The van der Waals surface area contributed by atoms with Crippen LogP contribution in [-0.2, 0) is 19.0 Å². The van der Waals surface area contributed by atoms with Gasteiger partial charge in [0.25, 0.3) is 0 Å². The van der Waals surface area contributed by atoms with Gasteiger partial charge in [0.1, 0.15) is 6.10 Å². The summed E-state index contributed by atoms with van der Waals surface area (Å²) in [5.41, 5.74) is 0. The Morgan fingerprint density at radius 3 is 2.74 bits per heavy atom. The summed E-state index contributed by atoms with van der Waals surface area (Å²) in [4.78, 5) is 12.1. The molecule has 3 atom stereocenters. The lowest BCUT2D eigenvalue weighted by Gasteiger charge is -2.20. The Morgan fingerprint density at radius 2 is 2.11 bits per heavy atom. The zero-order chi connectivity index (χ0) is 13.9. The van der Waals surface area contributed by atoms with Crippen LogP contribution in [0.1, 0.15) is 20.8 Å². The molecular formula is C13H24N2O4. The van der Waals surface area contributed by atoms with E-state index in [4.69, 9.17) is 14.2 Å². The fraction of sp³-hybridized carbons (Fsp3) is 0.923. The highest BCUT2D eigenvalue weighted by molar-refractivity contribution is 5.79. The topological polar surface area (TPSA) is 68.8 Å². The zero-order valence-corrected chi connectivity index (χ0v) is 11.9. The van der Waals surface area contributed by atoms with Crippen LogP contribution in [0.15, 0.2) is 0 Å². The van der Waals surface area contributed by atoms with E-state index in [1.54, 1.807) is 0 Å². The Morgan fingerprint density at radius 1 is 1.32 bits per heavy atom. The van der Waals surface area contributed by atoms with E-state index in [1.807, 2.05) is 20.8 Å². The molecule has 0 bridgehead atoms. The first kappa shape index (κ1) is 14.7. The SMILES string of the molecule is CCNC1COCC1C(=O)NCC1COC(C)(C)O1. The fourth-order valence-electron chi connectivity index (χ4n) is 2.49. The number of amides is 1. The summed E-state index contributed by atoms with van der Waals surface area (Å²) in [5, 5.41) is 6.20. The maximum absolute atomic E-state index is 12.1. The minimum atomic E-state index is -0.543. The Bertz CT molecular complexity index is 322. The average Bonchev–Trinajstić information content (AvgIpc) is 2.93. The second-order valence-corrected chi connectivity index (χ2v) is 5.50. The third-order valence-corrected chi connectivity index (χ3v) is 3.45. The standard InChI is InChI=1S/C13H24N2O4/c1-4-14-11-8-17-7-10(11)12(16)15-5-9-6-18-13(2,3)19-9/h9-11,14H,4-8H2,1-3H3,(H,15,16). The van der Waals surface area contributed by atoms with Gasteiger partial charge in [-0.3, -0.25) is 4.79 Å². The van der Waals surface area contributed by atoms with E-state index >= 15 is 0 Å². The maximum Gasteiger partial charge on any atom is 0.227 e. The molecule has 2 aliphatic rings. The average molecular weight is 272 g/mol. The molecule has 0 aromatic heterocycles. The van der Waals surface area contributed by atoms with Crippen molar-refractivity contribution < 1.29 is 19.0 Å². The molecule has 0 radical (unpaired) electrons. The van der Waals surface area contributed by atoms with Gasteiger partial charge >= 0.3 is 0 Å². The molecule has 2 fully saturated rings. The molecular weight excluding hydrogens is 248 g/mol. The van der Waals surface area contributed by atoms with Crippen molar-refractivity contribution in [3.05, 3.63) is 0 Å². The lowest BCUT2D eigenvalue weighted by Crippen LogP contribution is -2.45. The number of carbonyl (C=O) groups is 1. The molecule has 0 aromatic rings. The summed E-state index contributed by atoms with van der Waals surface area (Å²) in [6.07, 6.45) is -0.0705. The lowest BCUT2D eigenvalue weighted by molar-refractivity contribution is -0.140. The van der Waals surface area contributed by atoms with Crippen LogP contribution in [0.25, 0.3) is 0 Å². The first-order valence-electron chi connectivity index (χ1n) is 6.92. The van der Waals surface area contributed by atoms with E-state index in [-0.39, 0.29) is 24.0 Å². The van der Waals surface area contributed by atoms with E-state index in [0.29, 0.717) is 26.4 Å². The molecule has 2 aliphatic heterocycles. The van der Waals surface area contributed by atoms with Crippen molar-refractivity contribution in [2.45, 2.75) is 38.7 Å². The summed E-state index contributed by atoms with van der Waals surface area (Å²) in [7, 11) is 0. The largest absolute Gasteiger partial charge is 0.379 e. The predicted octanol–water partition coefficient (Wildman–Crippen LogP) is -0.121. The first-order valence-corrected chi connectivity index (χ1v) is 6.92. The number of nitrogens with one attached hydrogen (secondary N) is 2. The Balaban J connectivity index is 1.75. The van der Waals surface area contributed by atoms with E-state index in [1.165, 1.54) is 0 Å². The van der Waals surface area contributed by atoms with E-state index in [2.05, 4.69) is 10.6 Å². The van der Waals surface area contributed by atoms with Crippen molar-refractivity contribution in [2.24, 2.45) is 5.92 Å². The molecule has 0 spiro atoms. The molecule has 6 heteroatoms. The summed E-state index contributed by atoms with van der Waals surface area (Å²) in [6.45, 7) is 8.70. The highest BCUT2D eigenvalue weighted by Crippen LogP contribution is 2.22. The van der Waals surface area contributed by atoms with Crippen molar-refractivity contribution in [3.8, 4) is 0 Å². The lowest BCUT2D eigenvalue weighted by atomic mass is 10.0. The van der Waals surface area contributed by atoms with Crippen LogP contribution in [0, 0.1) is 5.92 Å². The molecule has 2 rings (SSSR count). The van der Waals surface area contributed by atoms with Crippen LogP contribution in [-0.4, -0.2) is 56.8 Å². The van der Waals surface area contributed by atoms with Crippen molar-refractivity contribution in [1.29, 1.82) is 0 Å². The third kappa shape index (κ3) is 3.89. The molecule has 3 unspecified atom stereocenters.